The minimum Gasteiger partial charge on any atom is -0.349 e. The van der Waals surface area contributed by atoms with Gasteiger partial charge in [0, 0.05) is 22.7 Å². The molecule has 1 fully saturated rings. The van der Waals surface area contributed by atoms with Crippen molar-refractivity contribution in [1.29, 1.82) is 0 Å². The average Bonchev–Trinajstić information content (AvgIpc) is 3.49. The fraction of sp³-hybridized carbons (Fsp3) is 0.250. The van der Waals surface area contributed by atoms with Crippen LogP contribution in [-0.2, 0) is 10.3 Å². The summed E-state index contributed by atoms with van der Waals surface area (Å²) in [6, 6.07) is 25.4. The summed E-state index contributed by atoms with van der Waals surface area (Å²) in [5.74, 6) is -0.845. The van der Waals surface area contributed by atoms with Crippen molar-refractivity contribution in [3.05, 3.63) is 102 Å². The Hall–Kier alpha value is -3.93. The molecule has 1 unspecified atom stereocenters. The number of anilines is 1. The summed E-state index contributed by atoms with van der Waals surface area (Å²) in [4.78, 5) is 42.2. The van der Waals surface area contributed by atoms with Gasteiger partial charge in [-0.1, -0.05) is 67.4 Å². The fourth-order valence-corrected chi connectivity index (χ4v) is 5.10. The second-order valence-electron chi connectivity index (χ2n) is 8.90. The molecule has 0 bridgehead atoms. The van der Waals surface area contributed by atoms with Crippen molar-refractivity contribution in [2.24, 2.45) is 0 Å². The molecule has 172 valence electrons. The number of benzene rings is 3. The molecule has 6 heteroatoms. The van der Waals surface area contributed by atoms with Gasteiger partial charge in [0.05, 0.1) is 12.2 Å². The Morgan fingerprint density at radius 2 is 1.35 bits per heavy atom. The maximum atomic E-state index is 14.1. The van der Waals surface area contributed by atoms with Gasteiger partial charge in [-0.25, -0.2) is 0 Å². The van der Waals surface area contributed by atoms with E-state index in [1.54, 1.807) is 48.5 Å². The van der Waals surface area contributed by atoms with Crippen molar-refractivity contribution in [1.82, 2.24) is 10.6 Å². The van der Waals surface area contributed by atoms with Gasteiger partial charge < -0.3 is 15.5 Å². The number of hydrogen-bond acceptors (Lipinski definition) is 3. The number of carbonyl (C=O) groups excluding carboxylic acids is 3. The first-order valence-electron chi connectivity index (χ1n) is 11.7. The van der Waals surface area contributed by atoms with Gasteiger partial charge in [-0.05, 0) is 43.2 Å². The lowest BCUT2D eigenvalue weighted by Gasteiger charge is -2.32. The van der Waals surface area contributed by atoms with E-state index in [1.807, 2.05) is 41.3 Å². The number of nitrogens with one attached hydrogen (secondary N) is 2. The first-order chi connectivity index (χ1) is 16.6. The Labute approximate surface area is 199 Å². The molecule has 1 saturated carbocycles. The third-order valence-corrected chi connectivity index (χ3v) is 6.81. The van der Waals surface area contributed by atoms with Crippen molar-refractivity contribution in [2.45, 2.75) is 37.3 Å². The second-order valence-corrected chi connectivity index (χ2v) is 8.90. The molecule has 5 rings (SSSR count). The van der Waals surface area contributed by atoms with Crippen LogP contribution in [0.2, 0.25) is 0 Å². The van der Waals surface area contributed by atoms with Crippen molar-refractivity contribution < 1.29 is 14.4 Å². The Morgan fingerprint density at radius 3 is 2.00 bits per heavy atom. The quantitative estimate of drug-likeness (QED) is 0.592. The van der Waals surface area contributed by atoms with Gasteiger partial charge in [-0.15, -0.1) is 0 Å². The lowest BCUT2D eigenvalue weighted by atomic mass is 9.90. The molecule has 1 heterocycles. The van der Waals surface area contributed by atoms with Crippen LogP contribution in [0.3, 0.4) is 0 Å². The number of nitrogens with zero attached hydrogens (tertiary/aromatic N) is 1. The zero-order valence-corrected chi connectivity index (χ0v) is 18.9. The zero-order valence-electron chi connectivity index (χ0n) is 18.9. The second kappa shape index (κ2) is 9.14. The lowest BCUT2D eigenvalue weighted by molar-refractivity contribution is -0.124. The predicted molar refractivity (Wildman–Crippen MR) is 131 cm³/mol. The lowest BCUT2D eigenvalue weighted by Crippen LogP contribution is -2.59. The third kappa shape index (κ3) is 3.85. The number of amides is 3. The number of rotatable bonds is 6. The zero-order chi connectivity index (χ0) is 23.5. The number of para-hydroxylation sites is 1. The number of hydrogen-bond donors (Lipinski definition) is 2. The van der Waals surface area contributed by atoms with Crippen molar-refractivity contribution in [2.75, 3.05) is 11.4 Å². The van der Waals surface area contributed by atoms with Gasteiger partial charge in [-0.3, -0.25) is 14.4 Å². The van der Waals surface area contributed by atoms with Crippen LogP contribution in [-0.4, -0.2) is 30.3 Å². The van der Waals surface area contributed by atoms with Gasteiger partial charge in [0.1, 0.15) is 0 Å². The van der Waals surface area contributed by atoms with E-state index in [-0.39, 0.29) is 30.3 Å². The molecule has 1 aliphatic carbocycles. The summed E-state index contributed by atoms with van der Waals surface area (Å²) < 4.78 is 0. The summed E-state index contributed by atoms with van der Waals surface area (Å²) in [7, 11) is 0. The van der Waals surface area contributed by atoms with E-state index in [9.17, 15) is 14.4 Å². The summed E-state index contributed by atoms with van der Waals surface area (Å²) in [5, 5.41) is 5.95. The maximum absolute atomic E-state index is 14.1. The Balaban J connectivity index is 1.54. The summed E-state index contributed by atoms with van der Waals surface area (Å²) in [5.41, 5.74) is 1.09. The van der Waals surface area contributed by atoms with Crippen molar-refractivity contribution in [3.8, 4) is 0 Å². The van der Waals surface area contributed by atoms with Crippen LogP contribution in [0.25, 0.3) is 0 Å². The highest BCUT2D eigenvalue weighted by molar-refractivity contribution is 6.12. The molecule has 1 aliphatic heterocycles. The monoisotopic (exact) mass is 453 g/mol. The summed E-state index contributed by atoms with van der Waals surface area (Å²) in [6.45, 7) is -0.0433. The molecule has 0 aromatic heterocycles. The van der Waals surface area contributed by atoms with Crippen molar-refractivity contribution >= 4 is 23.4 Å². The molecule has 0 saturated heterocycles. The molecule has 2 N–H and O–H groups in total. The minimum absolute atomic E-state index is 0.0433. The van der Waals surface area contributed by atoms with E-state index in [4.69, 9.17) is 0 Å². The first kappa shape index (κ1) is 21.9. The number of fused-ring (bicyclic) bond motifs is 1. The Morgan fingerprint density at radius 1 is 0.794 bits per heavy atom. The van der Waals surface area contributed by atoms with E-state index in [2.05, 4.69) is 10.6 Å². The molecule has 3 amide bonds. The number of carbonyl (C=O) groups is 3. The van der Waals surface area contributed by atoms with Crippen LogP contribution in [0, 0.1) is 0 Å². The third-order valence-electron chi connectivity index (χ3n) is 6.81. The van der Waals surface area contributed by atoms with Crippen LogP contribution >= 0.6 is 0 Å². The van der Waals surface area contributed by atoms with Crippen LogP contribution in [0.15, 0.2) is 84.9 Å². The van der Waals surface area contributed by atoms with Gasteiger partial charge in [0.25, 0.3) is 17.7 Å². The largest absolute Gasteiger partial charge is 0.349 e. The van der Waals surface area contributed by atoms with E-state index < -0.39 is 5.54 Å². The summed E-state index contributed by atoms with van der Waals surface area (Å²) in [6.07, 6.45) is 4.01. The van der Waals surface area contributed by atoms with Gasteiger partial charge in [0.15, 0.2) is 5.54 Å². The summed E-state index contributed by atoms with van der Waals surface area (Å²) >= 11 is 0. The topological polar surface area (TPSA) is 78.5 Å². The van der Waals surface area contributed by atoms with E-state index in [0.29, 0.717) is 16.7 Å². The van der Waals surface area contributed by atoms with Gasteiger partial charge in [0.2, 0.25) is 0 Å². The molecule has 34 heavy (non-hydrogen) atoms. The minimum atomic E-state index is -1.39. The molecular weight excluding hydrogens is 426 g/mol. The molecule has 3 aromatic carbocycles. The fourth-order valence-electron chi connectivity index (χ4n) is 5.10. The Bertz CT molecular complexity index is 1210. The van der Waals surface area contributed by atoms with Crippen LogP contribution < -0.4 is 15.5 Å². The molecular formula is C28H27N3O3. The molecule has 2 aliphatic rings. The Kier molecular flexibility index (Phi) is 5.88. The predicted octanol–water partition coefficient (Wildman–Crippen LogP) is 4.03. The SMILES string of the molecule is O=C(NCC1(NC(=O)c2ccccc2)C(=O)N(C2CCCC2)c2ccccc21)c1ccccc1. The highest BCUT2D eigenvalue weighted by atomic mass is 16.2. The van der Waals surface area contributed by atoms with Crippen LogP contribution in [0.5, 0.6) is 0 Å². The van der Waals surface area contributed by atoms with E-state index >= 15 is 0 Å². The molecule has 1 atom stereocenters. The van der Waals surface area contributed by atoms with E-state index in [1.165, 1.54) is 0 Å². The van der Waals surface area contributed by atoms with Crippen molar-refractivity contribution in [3.63, 3.8) is 0 Å². The van der Waals surface area contributed by atoms with Gasteiger partial charge >= 0.3 is 0 Å². The average molecular weight is 454 g/mol. The normalized spacial score (nSPS) is 19.6. The standard InChI is InChI=1S/C28H27N3O3/c32-25(20-11-3-1-4-12-20)29-19-28(30-26(33)21-13-5-2-6-14-21)23-17-9-10-18-24(23)31(27(28)34)22-15-7-8-16-22/h1-6,9-14,17-18,22H,7-8,15-16,19H2,(H,29,32)(H,30,33). The highest BCUT2D eigenvalue weighted by Crippen LogP contribution is 2.44. The molecule has 6 nitrogen and oxygen atoms in total. The molecule has 0 radical (unpaired) electrons. The van der Waals surface area contributed by atoms with E-state index in [0.717, 1.165) is 31.4 Å². The highest BCUT2D eigenvalue weighted by Gasteiger charge is 2.54. The first-order valence-corrected chi connectivity index (χ1v) is 11.7. The molecule has 3 aromatic rings. The maximum Gasteiger partial charge on any atom is 0.259 e. The van der Waals surface area contributed by atoms with Crippen LogP contribution in [0.4, 0.5) is 5.69 Å². The van der Waals surface area contributed by atoms with Gasteiger partial charge in [-0.2, -0.15) is 0 Å². The molecule has 0 spiro atoms. The smallest absolute Gasteiger partial charge is 0.259 e. The van der Waals surface area contributed by atoms with Crippen LogP contribution in [0.1, 0.15) is 52.0 Å².